The fourth-order valence-corrected chi connectivity index (χ4v) is 5.67. The molecular weight excluding hydrogens is 334 g/mol. The number of nitrogens with one attached hydrogen (secondary N) is 1. The van der Waals surface area contributed by atoms with Crippen LogP contribution in [0.25, 0.3) is 0 Å². The largest absolute Gasteiger partial charge is 0.338 e. The van der Waals surface area contributed by atoms with Gasteiger partial charge in [0.25, 0.3) is 5.91 Å². The number of hydrogen-bond donors (Lipinski definition) is 1. The third-order valence-electron chi connectivity index (χ3n) is 4.89. The fraction of sp³-hybridized carbons (Fsp3) is 0.667. The van der Waals surface area contributed by atoms with Crippen molar-refractivity contribution in [1.29, 1.82) is 0 Å². The molecule has 0 aromatic carbocycles. The molecule has 2 saturated heterocycles. The van der Waals surface area contributed by atoms with E-state index in [1.807, 2.05) is 4.90 Å². The summed E-state index contributed by atoms with van der Waals surface area (Å²) in [7, 11) is -0.611. The maximum Gasteiger partial charge on any atom is 0.265 e. The quantitative estimate of drug-likeness (QED) is 0.879. The lowest BCUT2D eigenvalue weighted by atomic mass is 9.92. The Kier molecular flexibility index (Phi) is 4.78. The van der Waals surface area contributed by atoms with Crippen LogP contribution in [0.5, 0.6) is 0 Å². The molecule has 0 aliphatic carbocycles. The third-order valence-corrected chi connectivity index (χ3v) is 7.78. The molecule has 0 saturated carbocycles. The van der Waals surface area contributed by atoms with E-state index in [-0.39, 0.29) is 10.8 Å². The second-order valence-corrected chi connectivity index (χ2v) is 9.49. The highest BCUT2D eigenvalue weighted by Crippen LogP contribution is 2.30. The average molecular weight is 358 g/mol. The number of amides is 1. The fourth-order valence-electron chi connectivity index (χ4n) is 3.42. The van der Waals surface area contributed by atoms with Crippen molar-refractivity contribution < 1.29 is 13.2 Å². The monoisotopic (exact) mass is 357 g/mol. The maximum absolute atomic E-state index is 12.9. The van der Waals surface area contributed by atoms with Crippen molar-refractivity contribution in [3.8, 4) is 0 Å². The van der Waals surface area contributed by atoms with Crippen LogP contribution in [0.2, 0.25) is 0 Å². The molecule has 0 bridgehead atoms. The number of hydrogen-bond acceptors (Lipinski definition) is 5. The molecule has 2 aliphatic heterocycles. The highest BCUT2D eigenvalue weighted by Gasteiger charge is 2.34. The van der Waals surface area contributed by atoms with E-state index in [0.29, 0.717) is 29.8 Å². The van der Waals surface area contributed by atoms with Gasteiger partial charge in [-0.05, 0) is 49.2 Å². The molecule has 1 N–H and O–H groups in total. The van der Waals surface area contributed by atoms with Gasteiger partial charge >= 0.3 is 0 Å². The zero-order chi connectivity index (χ0) is 16.6. The van der Waals surface area contributed by atoms with Gasteiger partial charge in [0.2, 0.25) is 10.0 Å². The summed E-state index contributed by atoms with van der Waals surface area (Å²) in [5.41, 5.74) is 0. The van der Waals surface area contributed by atoms with Crippen molar-refractivity contribution in [3.05, 3.63) is 16.3 Å². The van der Waals surface area contributed by atoms with Gasteiger partial charge < -0.3 is 10.2 Å². The van der Waals surface area contributed by atoms with E-state index in [9.17, 15) is 13.2 Å². The van der Waals surface area contributed by atoms with Gasteiger partial charge in [-0.15, -0.1) is 11.3 Å². The van der Waals surface area contributed by atoms with Crippen molar-refractivity contribution in [2.75, 3.05) is 40.3 Å². The Bertz CT molecular complexity index is 670. The Morgan fingerprint density at radius 3 is 2.43 bits per heavy atom. The van der Waals surface area contributed by atoms with Crippen molar-refractivity contribution in [1.82, 2.24) is 14.5 Å². The first-order valence-corrected chi connectivity index (χ1v) is 10.2. The molecule has 8 heteroatoms. The van der Waals surface area contributed by atoms with E-state index in [0.717, 1.165) is 30.2 Å². The number of carbonyl (C=O) groups excluding carboxylic acids is 1. The summed E-state index contributed by atoms with van der Waals surface area (Å²) in [4.78, 5) is 15.2. The van der Waals surface area contributed by atoms with E-state index in [4.69, 9.17) is 0 Å². The molecule has 0 radical (unpaired) electrons. The molecule has 3 heterocycles. The van der Waals surface area contributed by atoms with Gasteiger partial charge in [-0.3, -0.25) is 4.79 Å². The normalized spacial score (nSPS) is 25.4. The predicted octanol–water partition coefficient (Wildman–Crippen LogP) is 1.07. The minimum Gasteiger partial charge on any atom is -0.338 e. The lowest BCUT2D eigenvalue weighted by molar-refractivity contribution is 0.0760. The average Bonchev–Trinajstić information content (AvgIpc) is 3.12. The zero-order valence-corrected chi connectivity index (χ0v) is 15.1. The highest BCUT2D eigenvalue weighted by molar-refractivity contribution is 7.89. The molecule has 1 amide bonds. The van der Waals surface area contributed by atoms with Gasteiger partial charge in [-0.2, -0.15) is 0 Å². The summed E-state index contributed by atoms with van der Waals surface area (Å²) in [5.74, 6) is 1.13. The molecule has 6 nitrogen and oxygen atoms in total. The van der Waals surface area contributed by atoms with Gasteiger partial charge in [0, 0.05) is 27.2 Å². The van der Waals surface area contributed by atoms with Gasteiger partial charge in [0.05, 0.1) is 0 Å². The van der Waals surface area contributed by atoms with Crippen molar-refractivity contribution in [3.63, 3.8) is 0 Å². The summed E-state index contributed by atoms with van der Waals surface area (Å²) >= 11 is 1.21. The smallest absolute Gasteiger partial charge is 0.265 e. The Morgan fingerprint density at radius 2 is 1.87 bits per heavy atom. The predicted molar refractivity (Wildman–Crippen MR) is 90.2 cm³/mol. The molecule has 2 aliphatic rings. The van der Waals surface area contributed by atoms with Crippen LogP contribution in [0.1, 0.15) is 22.5 Å². The molecule has 0 unspecified atom stereocenters. The van der Waals surface area contributed by atoms with E-state index in [1.54, 1.807) is 5.38 Å². The lowest BCUT2D eigenvalue weighted by Gasteiger charge is -2.21. The van der Waals surface area contributed by atoms with E-state index >= 15 is 0 Å². The first kappa shape index (κ1) is 16.9. The first-order valence-electron chi connectivity index (χ1n) is 7.91. The lowest BCUT2D eigenvalue weighted by Crippen LogP contribution is -2.33. The number of likely N-dealkylation sites (tertiary alicyclic amines) is 1. The molecule has 1 aromatic rings. The molecule has 2 atom stereocenters. The number of thiophene rings is 1. The van der Waals surface area contributed by atoms with Crippen molar-refractivity contribution in [2.24, 2.45) is 11.8 Å². The second-order valence-electron chi connectivity index (χ2n) is 6.45. The van der Waals surface area contributed by atoms with Gasteiger partial charge in [0.1, 0.15) is 9.77 Å². The highest BCUT2D eigenvalue weighted by atomic mass is 32.2. The van der Waals surface area contributed by atoms with Crippen molar-refractivity contribution in [2.45, 2.75) is 17.7 Å². The second kappa shape index (κ2) is 6.51. The van der Waals surface area contributed by atoms with Crippen molar-refractivity contribution >= 4 is 27.3 Å². The topological polar surface area (TPSA) is 69.7 Å². The van der Waals surface area contributed by atoms with E-state index in [1.165, 1.54) is 31.5 Å². The Morgan fingerprint density at radius 1 is 1.26 bits per heavy atom. The van der Waals surface area contributed by atoms with Gasteiger partial charge in [-0.1, -0.05) is 0 Å². The molecule has 23 heavy (non-hydrogen) atoms. The molecule has 128 valence electrons. The minimum atomic E-state index is -3.59. The number of fused-ring (bicyclic) bond motifs is 1. The number of carbonyl (C=O) groups is 1. The van der Waals surface area contributed by atoms with Crippen LogP contribution >= 0.6 is 11.3 Å². The van der Waals surface area contributed by atoms with Crippen LogP contribution < -0.4 is 5.32 Å². The Hall–Kier alpha value is -0.960. The van der Waals surface area contributed by atoms with Crippen LogP contribution in [-0.4, -0.2) is 63.8 Å². The maximum atomic E-state index is 12.9. The summed E-state index contributed by atoms with van der Waals surface area (Å²) < 4.78 is 25.9. The minimum absolute atomic E-state index is 0.128. The summed E-state index contributed by atoms with van der Waals surface area (Å²) in [6, 6.07) is 1.53. The van der Waals surface area contributed by atoms with Gasteiger partial charge in [-0.25, -0.2) is 12.7 Å². The summed E-state index contributed by atoms with van der Waals surface area (Å²) in [6.45, 7) is 3.49. The molecular formula is C15H23N3O3S2. The van der Waals surface area contributed by atoms with Crippen LogP contribution in [0, 0.1) is 11.8 Å². The summed E-state index contributed by atoms with van der Waals surface area (Å²) in [5, 5.41) is 5.10. The Balaban J connectivity index is 1.80. The van der Waals surface area contributed by atoms with Crippen LogP contribution in [0.4, 0.5) is 0 Å². The number of rotatable bonds is 3. The SMILES string of the molecule is CN(C)S(=O)(=O)c1ccsc1C(=O)N1CC[C@@H]2CNC[C@@H]2CC1. The molecule has 0 spiro atoms. The standard InChI is InChI=1S/C15H23N3O3S2/c1-17(2)23(20,21)13-5-8-22-14(13)15(19)18-6-3-11-9-16-10-12(11)4-7-18/h5,8,11-12,16H,3-4,6-7,9-10H2,1-2H3/t11-,12+. The van der Waals surface area contributed by atoms with Crippen LogP contribution in [0.15, 0.2) is 16.3 Å². The number of nitrogens with zero attached hydrogens (tertiary/aromatic N) is 2. The van der Waals surface area contributed by atoms with Crippen LogP contribution in [-0.2, 0) is 10.0 Å². The van der Waals surface area contributed by atoms with Gasteiger partial charge in [0.15, 0.2) is 0 Å². The third kappa shape index (κ3) is 3.17. The molecule has 2 fully saturated rings. The Labute approximate surface area is 141 Å². The van der Waals surface area contributed by atoms with Crippen LogP contribution in [0.3, 0.4) is 0 Å². The molecule has 1 aromatic heterocycles. The molecule has 3 rings (SSSR count). The zero-order valence-electron chi connectivity index (χ0n) is 13.5. The van der Waals surface area contributed by atoms with E-state index in [2.05, 4.69) is 5.32 Å². The first-order chi connectivity index (χ1) is 10.9. The van der Waals surface area contributed by atoms with E-state index < -0.39 is 10.0 Å². The summed E-state index contributed by atoms with van der Waals surface area (Å²) in [6.07, 6.45) is 1.98. The number of sulfonamides is 1.